The average Bonchev–Trinajstić information content (AvgIpc) is 2.73. The van der Waals surface area contributed by atoms with Gasteiger partial charge in [-0.25, -0.2) is 8.42 Å². The number of carbonyl (C=O) groups excluding carboxylic acids is 1. The molecule has 1 saturated heterocycles. The number of likely N-dealkylation sites (N-methyl/N-ethyl adjacent to an activating group) is 1. The van der Waals surface area contributed by atoms with Crippen molar-refractivity contribution in [2.24, 2.45) is 0 Å². The van der Waals surface area contributed by atoms with Crippen molar-refractivity contribution >= 4 is 15.9 Å². The van der Waals surface area contributed by atoms with E-state index in [0.29, 0.717) is 44.9 Å². The largest absolute Gasteiger partial charge is 0.494 e. The Hall–Kier alpha value is -2.42. The third-order valence-corrected chi connectivity index (χ3v) is 7.11. The SMILES string of the molecule is CCOc1cccc(CNC(=O)c2cc(S(=O)(=O)N3CCN(C)CC3)ccc2C)c1. The molecule has 3 rings (SSSR count). The summed E-state index contributed by atoms with van der Waals surface area (Å²) in [6, 6.07) is 12.3. The van der Waals surface area contributed by atoms with Crippen LogP contribution in [-0.4, -0.2) is 63.4 Å². The van der Waals surface area contributed by atoms with Crippen LogP contribution in [0.2, 0.25) is 0 Å². The van der Waals surface area contributed by atoms with Crippen molar-refractivity contribution in [3.63, 3.8) is 0 Å². The zero-order valence-electron chi connectivity index (χ0n) is 17.7. The van der Waals surface area contributed by atoms with Crippen LogP contribution >= 0.6 is 0 Å². The number of rotatable bonds is 7. The molecular formula is C22H29N3O4S. The third-order valence-electron chi connectivity index (χ3n) is 5.22. The number of aryl methyl sites for hydroxylation is 1. The minimum absolute atomic E-state index is 0.154. The van der Waals surface area contributed by atoms with Gasteiger partial charge in [-0.3, -0.25) is 4.79 Å². The number of hydrogen-bond acceptors (Lipinski definition) is 5. The Balaban J connectivity index is 1.74. The summed E-state index contributed by atoms with van der Waals surface area (Å²) >= 11 is 0. The topological polar surface area (TPSA) is 78.9 Å². The second-order valence-corrected chi connectivity index (χ2v) is 9.39. The summed E-state index contributed by atoms with van der Waals surface area (Å²) < 4.78 is 33.0. The van der Waals surface area contributed by atoms with E-state index in [9.17, 15) is 13.2 Å². The second kappa shape index (κ2) is 9.59. The number of ether oxygens (including phenoxy) is 1. The van der Waals surface area contributed by atoms with E-state index in [2.05, 4.69) is 10.2 Å². The number of carbonyl (C=O) groups is 1. The van der Waals surface area contributed by atoms with Gasteiger partial charge in [-0.05, 0) is 56.3 Å². The lowest BCUT2D eigenvalue weighted by Gasteiger charge is -2.31. The molecule has 7 nitrogen and oxygen atoms in total. The van der Waals surface area contributed by atoms with Crippen molar-refractivity contribution in [3.8, 4) is 5.75 Å². The first-order valence-electron chi connectivity index (χ1n) is 10.1. The number of benzene rings is 2. The Kier molecular flexibility index (Phi) is 7.12. The van der Waals surface area contributed by atoms with Crippen LogP contribution in [0.3, 0.4) is 0 Å². The van der Waals surface area contributed by atoms with Crippen LogP contribution in [-0.2, 0) is 16.6 Å². The van der Waals surface area contributed by atoms with Crippen molar-refractivity contribution in [2.75, 3.05) is 39.8 Å². The smallest absolute Gasteiger partial charge is 0.251 e. The average molecular weight is 432 g/mol. The fraction of sp³-hybridized carbons (Fsp3) is 0.409. The van der Waals surface area contributed by atoms with Crippen molar-refractivity contribution in [3.05, 3.63) is 59.2 Å². The van der Waals surface area contributed by atoms with Gasteiger partial charge in [-0.15, -0.1) is 0 Å². The molecule has 0 bridgehead atoms. The fourth-order valence-corrected chi connectivity index (χ4v) is 4.82. The molecular weight excluding hydrogens is 402 g/mol. The molecule has 0 radical (unpaired) electrons. The van der Waals surface area contributed by atoms with Gasteiger partial charge in [0.2, 0.25) is 10.0 Å². The minimum Gasteiger partial charge on any atom is -0.494 e. The predicted octanol–water partition coefficient (Wildman–Crippen LogP) is 2.26. The molecule has 1 aliphatic rings. The van der Waals surface area contributed by atoms with Crippen LogP contribution < -0.4 is 10.1 Å². The molecule has 1 heterocycles. The van der Waals surface area contributed by atoms with Gasteiger partial charge in [-0.2, -0.15) is 4.31 Å². The molecule has 2 aromatic carbocycles. The maximum Gasteiger partial charge on any atom is 0.251 e. The van der Waals surface area contributed by atoms with Crippen molar-refractivity contribution in [1.82, 2.24) is 14.5 Å². The number of piperazine rings is 1. The molecule has 0 spiro atoms. The van der Waals surface area contributed by atoms with Gasteiger partial charge in [0, 0.05) is 38.3 Å². The van der Waals surface area contributed by atoms with E-state index in [4.69, 9.17) is 4.74 Å². The molecule has 0 atom stereocenters. The van der Waals surface area contributed by atoms with Crippen molar-refractivity contribution < 1.29 is 17.9 Å². The van der Waals surface area contributed by atoms with E-state index >= 15 is 0 Å². The maximum atomic E-state index is 13.0. The fourth-order valence-electron chi connectivity index (χ4n) is 3.37. The third kappa shape index (κ3) is 5.19. The summed E-state index contributed by atoms with van der Waals surface area (Å²) in [5.41, 5.74) is 2.01. The summed E-state index contributed by atoms with van der Waals surface area (Å²) in [5, 5.41) is 2.88. The first-order chi connectivity index (χ1) is 14.3. The van der Waals surface area contributed by atoms with Crippen LogP contribution in [0.4, 0.5) is 0 Å². The van der Waals surface area contributed by atoms with E-state index in [1.807, 2.05) is 38.2 Å². The van der Waals surface area contributed by atoms with Gasteiger partial charge < -0.3 is 15.0 Å². The predicted molar refractivity (Wildman–Crippen MR) is 116 cm³/mol. The molecule has 2 aromatic rings. The standard InChI is InChI=1S/C22H29N3O4S/c1-4-29-19-7-5-6-18(14-19)16-23-22(26)21-15-20(9-8-17(21)2)30(27,28)25-12-10-24(3)11-13-25/h5-9,14-15H,4,10-13,16H2,1-3H3,(H,23,26). The van der Waals surface area contributed by atoms with Crippen LogP contribution in [0, 0.1) is 6.92 Å². The quantitative estimate of drug-likeness (QED) is 0.728. The summed E-state index contributed by atoms with van der Waals surface area (Å²) in [4.78, 5) is 15.0. The molecule has 1 N–H and O–H groups in total. The Morgan fingerprint density at radius 3 is 2.53 bits per heavy atom. The highest BCUT2D eigenvalue weighted by molar-refractivity contribution is 7.89. The lowest BCUT2D eigenvalue weighted by Crippen LogP contribution is -2.47. The van der Waals surface area contributed by atoms with Gasteiger partial charge in [0.25, 0.3) is 5.91 Å². The lowest BCUT2D eigenvalue weighted by atomic mass is 10.1. The van der Waals surface area contributed by atoms with Crippen LogP contribution in [0.5, 0.6) is 5.75 Å². The number of nitrogens with one attached hydrogen (secondary N) is 1. The zero-order valence-corrected chi connectivity index (χ0v) is 18.5. The normalized spacial score (nSPS) is 15.7. The van der Waals surface area contributed by atoms with Gasteiger partial charge in [0.15, 0.2) is 0 Å². The molecule has 30 heavy (non-hydrogen) atoms. The van der Waals surface area contributed by atoms with E-state index in [1.165, 1.54) is 10.4 Å². The van der Waals surface area contributed by atoms with Crippen molar-refractivity contribution in [2.45, 2.75) is 25.3 Å². The van der Waals surface area contributed by atoms with E-state index in [0.717, 1.165) is 16.9 Å². The summed E-state index contributed by atoms with van der Waals surface area (Å²) in [6.45, 7) is 6.91. The Morgan fingerprint density at radius 1 is 1.10 bits per heavy atom. The Morgan fingerprint density at radius 2 is 1.83 bits per heavy atom. The highest BCUT2D eigenvalue weighted by atomic mass is 32.2. The van der Waals surface area contributed by atoms with E-state index in [1.54, 1.807) is 19.1 Å². The van der Waals surface area contributed by atoms with E-state index in [-0.39, 0.29) is 10.8 Å². The summed E-state index contributed by atoms with van der Waals surface area (Å²) in [7, 11) is -1.65. The molecule has 1 amide bonds. The molecule has 1 aliphatic heterocycles. The highest BCUT2D eigenvalue weighted by Gasteiger charge is 2.28. The molecule has 1 fully saturated rings. The first kappa shape index (κ1) is 22.3. The molecule has 162 valence electrons. The van der Waals surface area contributed by atoms with Gasteiger partial charge in [-0.1, -0.05) is 18.2 Å². The number of hydrogen-bond donors (Lipinski definition) is 1. The van der Waals surface area contributed by atoms with Crippen LogP contribution in [0.1, 0.15) is 28.4 Å². The van der Waals surface area contributed by atoms with Crippen molar-refractivity contribution in [1.29, 1.82) is 0 Å². The molecule has 0 saturated carbocycles. The Bertz CT molecular complexity index is 999. The number of nitrogens with zero attached hydrogens (tertiary/aromatic N) is 2. The number of amides is 1. The molecule has 0 aromatic heterocycles. The minimum atomic E-state index is -3.63. The maximum absolute atomic E-state index is 13.0. The zero-order chi connectivity index (χ0) is 21.7. The monoisotopic (exact) mass is 431 g/mol. The highest BCUT2D eigenvalue weighted by Crippen LogP contribution is 2.21. The lowest BCUT2D eigenvalue weighted by molar-refractivity contribution is 0.0950. The molecule has 0 aliphatic carbocycles. The summed E-state index contributed by atoms with van der Waals surface area (Å²) in [6.07, 6.45) is 0. The summed E-state index contributed by atoms with van der Waals surface area (Å²) in [5.74, 6) is 0.449. The molecule has 0 unspecified atom stereocenters. The first-order valence-corrected chi connectivity index (χ1v) is 11.5. The molecule has 8 heteroatoms. The van der Waals surface area contributed by atoms with Gasteiger partial charge in [0.1, 0.15) is 5.75 Å². The second-order valence-electron chi connectivity index (χ2n) is 7.45. The number of sulfonamides is 1. The van der Waals surface area contributed by atoms with Crippen LogP contribution in [0.15, 0.2) is 47.4 Å². The van der Waals surface area contributed by atoms with Gasteiger partial charge >= 0.3 is 0 Å². The van der Waals surface area contributed by atoms with Crippen LogP contribution in [0.25, 0.3) is 0 Å². The Labute approximate surface area is 178 Å². The van der Waals surface area contributed by atoms with E-state index < -0.39 is 10.0 Å². The van der Waals surface area contributed by atoms with Gasteiger partial charge in [0.05, 0.1) is 11.5 Å².